The normalized spacial score (nSPS) is 16.6. The Morgan fingerprint density at radius 1 is 1.50 bits per heavy atom. The Bertz CT molecular complexity index is 361. The van der Waals surface area contributed by atoms with Gasteiger partial charge in [-0.25, -0.2) is 0 Å². The predicted octanol–water partition coefficient (Wildman–Crippen LogP) is 1.44. The van der Waals surface area contributed by atoms with Crippen LogP contribution in [0.4, 0.5) is 5.69 Å². The topological polar surface area (TPSA) is 40.5 Å². The van der Waals surface area contributed by atoms with E-state index in [1.165, 1.54) is 0 Å². The first kappa shape index (κ1) is 9.68. The maximum absolute atomic E-state index is 10.5. The smallest absolute Gasteiger partial charge is 0.150 e. The standard InChI is InChI=1S/C10H10BrNO2/c11-9-3-7(6-13)1-2-10(9)12-4-8(14)5-12/h1-3,6,8,14H,4-5H2. The van der Waals surface area contributed by atoms with Gasteiger partial charge in [0.1, 0.15) is 6.29 Å². The molecule has 1 heterocycles. The molecule has 0 aliphatic carbocycles. The summed E-state index contributed by atoms with van der Waals surface area (Å²) in [4.78, 5) is 12.6. The third-order valence-corrected chi connectivity index (χ3v) is 2.95. The van der Waals surface area contributed by atoms with Crippen LogP contribution in [0.15, 0.2) is 22.7 Å². The van der Waals surface area contributed by atoms with Gasteiger partial charge in [0.25, 0.3) is 0 Å². The molecule has 4 heteroatoms. The van der Waals surface area contributed by atoms with E-state index in [9.17, 15) is 4.79 Å². The van der Waals surface area contributed by atoms with Gasteiger partial charge in [0, 0.05) is 23.1 Å². The van der Waals surface area contributed by atoms with Crippen molar-refractivity contribution in [3.05, 3.63) is 28.2 Å². The minimum Gasteiger partial charge on any atom is -0.389 e. The summed E-state index contributed by atoms with van der Waals surface area (Å²) >= 11 is 3.40. The number of aldehydes is 1. The molecule has 74 valence electrons. The average molecular weight is 256 g/mol. The number of hydrogen-bond donors (Lipinski definition) is 1. The Morgan fingerprint density at radius 2 is 2.21 bits per heavy atom. The fraction of sp³-hybridized carbons (Fsp3) is 0.300. The van der Waals surface area contributed by atoms with E-state index in [1.54, 1.807) is 12.1 Å². The second-order valence-corrected chi connectivity index (χ2v) is 4.24. The van der Waals surface area contributed by atoms with Gasteiger partial charge in [-0.2, -0.15) is 0 Å². The lowest BCUT2D eigenvalue weighted by atomic mass is 10.1. The van der Waals surface area contributed by atoms with Gasteiger partial charge >= 0.3 is 0 Å². The number of hydrogen-bond acceptors (Lipinski definition) is 3. The second-order valence-electron chi connectivity index (χ2n) is 3.39. The molecule has 1 aromatic rings. The van der Waals surface area contributed by atoms with Gasteiger partial charge in [-0.1, -0.05) is 0 Å². The Balaban J connectivity index is 2.22. The number of nitrogens with zero attached hydrogens (tertiary/aromatic N) is 1. The van der Waals surface area contributed by atoms with Gasteiger partial charge in [0.15, 0.2) is 0 Å². The van der Waals surface area contributed by atoms with Crippen molar-refractivity contribution in [1.29, 1.82) is 0 Å². The molecule has 3 nitrogen and oxygen atoms in total. The first-order valence-electron chi connectivity index (χ1n) is 4.38. The lowest BCUT2D eigenvalue weighted by Crippen LogP contribution is -2.50. The van der Waals surface area contributed by atoms with Gasteiger partial charge in [0.05, 0.1) is 11.8 Å². The van der Waals surface area contributed by atoms with Gasteiger partial charge in [0.2, 0.25) is 0 Å². The number of aliphatic hydroxyl groups excluding tert-OH is 1. The van der Waals surface area contributed by atoms with Crippen LogP contribution in [-0.2, 0) is 0 Å². The summed E-state index contributed by atoms with van der Waals surface area (Å²) in [5.74, 6) is 0. The molecule has 0 spiro atoms. The molecule has 1 aliphatic heterocycles. The van der Waals surface area contributed by atoms with Crippen molar-refractivity contribution in [2.75, 3.05) is 18.0 Å². The first-order chi connectivity index (χ1) is 6.70. The van der Waals surface area contributed by atoms with Crippen LogP contribution in [0, 0.1) is 0 Å². The Kier molecular flexibility index (Phi) is 2.56. The maximum Gasteiger partial charge on any atom is 0.150 e. The largest absolute Gasteiger partial charge is 0.389 e. The quantitative estimate of drug-likeness (QED) is 0.814. The maximum atomic E-state index is 10.5. The van der Waals surface area contributed by atoms with Crippen LogP contribution < -0.4 is 4.90 Å². The van der Waals surface area contributed by atoms with Crippen LogP contribution in [0.5, 0.6) is 0 Å². The summed E-state index contributed by atoms with van der Waals surface area (Å²) in [7, 11) is 0. The lowest BCUT2D eigenvalue weighted by molar-refractivity contribution is 0.112. The molecule has 0 atom stereocenters. The SMILES string of the molecule is O=Cc1ccc(N2CC(O)C2)c(Br)c1. The van der Waals surface area contributed by atoms with E-state index >= 15 is 0 Å². The van der Waals surface area contributed by atoms with Crippen molar-refractivity contribution in [3.8, 4) is 0 Å². The van der Waals surface area contributed by atoms with Crippen LogP contribution >= 0.6 is 15.9 Å². The van der Waals surface area contributed by atoms with Crippen molar-refractivity contribution in [3.63, 3.8) is 0 Å². The number of aliphatic hydroxyl groups is 1. The predicted molar refractivity (Wildman–Crippen MR) is 57.7 cm³/mol. The first-order valence-corrected chi connectivity index (χ1v) is 5.18. The number of carbonyl (C=O) groups excluding carboxylic acids is 1. The number of carbonyl (C=O) groups is 1. The molecule has 1 N–H and O–H groups in total. The second kappa shape index (κ2) is 3.71. The number of rotatable bonds is 2. The van der Waals surface area contributed by atoms with Crippen molar-refractivity contribution in [2.24, 2.45) is 0 Å². The Labute approximate surface area is 90.5 Å². The number of benzene rings is 1. The minimum absolute atomic E-state index is 0.215. The van der Waals surface area contributed by atoms with Gasteiger partial charge in [-0.3, -0.25) is 4.79 Å². The van der Waals surface area contributed by atoms with Crippen molar-refractivity contribution >= 4 is 27.9 Å². The molecule has 0 unspecified atom stereocenters. The number of β-amino-alcohol motifs (C(OH)–C–C–N with tert-alkyl or cyclic N) is 1. The molecule has 0 radical (unpaired) electrons. The zero-order valence-corrected chi connectivity index (χ0v) is 9.07. The van der Waals surface area contributed by atoms with E-state index in [0.717, 1.165) is 16.4 Å². The Hall–Kier alpha value is -0.870. The molecule has 0 amide bonds. The molecule has 14 heavy (non-hydrogen) atoms. The summed E-state index contributed by atoms with van der Waals surface area (Å²) in [5, 5.41) is 9.16. The molecule has 1 saturated heterocycles. The zero-order valence-electron chi connectivity index (χ0n) is 7.48. The van der Waals surface area contributed by atoms with Gasteiger partial charge in [-0.05, 0) is 34.1 Å². The highest BCUT2D eigenvalue weighted by Gasteiger charge is 2.25. The van der Waals surface area contributed by atoms with Crippen molar-refractivity contribution in [2.45, 2.75) is 6.10 Å². The molecule has 1 aromatic carbocycles. The molecular formula is C10H10BrNO2. The van der Waals surface area contributed by atoms with Crippen LogP contribution in [0.1, 0.15) is 10.4 Å². The monoisotopic (exact) mass is 255 g/mol. The highest BCUT2D eigenvalue weighted by molar-refractivity contribution is 9.10. The van der Waals surface area contributed by atoms with Crippen LogP contribution in [0.3, 0.4) is 0 Å². The zero-order chi connectivity index (χ0) is 10.1. The van der Waals surface area contributed by atoms with Crippen molar-refractivity contribution in [1.82, 2.24) is 0 Å². The highest BCUT2D eigenvalue weighted by atomic mass is 79.9. The van der Waals surface area contributed by atoms with E-state index in [1.807, 2.05) is 6.07 Å². The van der Waals surface area contributed by atoms with Crippen LogP contribution in [0.25, 0.3) is 0 Å². The molecule has 0 aromatic heterocycles. The summed E-state index contributed by atoms with van der Waals surface area (Å²) in [6.45, 7) is 1.33. The molecule has 0 saturated carbocycles. The summed E-state index contributed by atoms with van der Waals surface area (Å²) in [5.41, 5.74) is 1.68. The fourth-order valence-electron chi connectivity index (χ4n) is 1.50. The third-order valence-electron chi connectivity index (χ3n) is 2.31. The fourth-order valence-corrected chi connectivity index (χ4v) is 2.15. The number of halogens is 1. The highest BCUT2D eigenvalue weighted by Crippen LogP contribution is 2.30. The third kappa shape index (κ3) is 1.67. The van der Waals surface area contributed by atoms with E-state index in [0.29, 0.717) is 18.7 Å². The van der Waals surface area contributed by atoms with Gasteiger partial charge < -0.3 is 10.0 Å². The lowest BCUT2D eigenvalue weighted by Gasteiger charge is -2.38. The molecule has 1 aliphatic rings. The van der Waals surface area contributed by atoms with E-state index in [2.05, 4.69) is 20.8 Å². The molecule has 2 rings (SSSR count). The summed E-state index contributed by atoms with van der Waals surface area (Å²) in [6, 6.07) is 5.45. The van der Waals surface area contributed by atoms with Crippen LogP contribution in [0.2, 0.25) is 0 Å². The van der Waals surface area contributed by atoms with Crippen LogP contribution in [-0.4, -0.2) is 30.6 Å². The minimum atomic E-state index is -0.215. The van der Waals surface area contributed by atoms with E-state index < -0.39 is 0 Å². The summed E-state index contributed by atoms with van der Waals surface area (Å²) < 4.78 is 0.897. The van der Waals surface area contributed by atoms with Gasteiger partial charge in [-0.15, -0.1) is 0 Å². The number of anilines is 1. The van der Waals surface area contributed by atoms with E-state index in [4.69, 9.17) is 5.11 Å². The molecule has 0 bridgehead atoms. The summed E-state index contributed by atoms with van der Waals surface area (Å²) in [6.07, 6.45) is 0.604. The molecule has 1 fully saturated rings. The van der Waals surface area contributed by atoms with E-state index in [-0.39, 0.29) is 6.10 Å². The Morgan fingerprint density at radius 3 is 2.71 bits per heavy atom. The van der Waals surface area contributed by atoms with Crippen molar-refractivity contribution < 1.29 is 9.90 Å². The average Bonchev–Trinajstić information content (AvgIpc) is 2.13. The molecular weight excluding hydrogens is 246 g/mol.